The molecule has 1 atom stereocenters. The Bertz CT molecular complexity index is 1160. The molecule has 8 heteroatoms. The third kappa shape index (κ3) is 4.31. The van der Waals surface area contributed by atoms with Crippen LogP contribution < -0.4 is 11.1 Å². The molecule has 1 aliphatic carbocycles. The summed E-state index contributed by atoms with van der Waals surface area (Å²) in [6, 6.07) is 6.57. The minimum absolute atomic E-state index is 0.0689. The number of nitrogens with zero attached hydrogens (tertiary/aromatic N) is 2. The highest BCUT2D eigenvalue weighted by Gasteiger charge is 2.36. The van der Waals surface area contributed by atoms with E-state index in [1.807, 2.05) is 6.92 Å². The Hall–Kier alpha value is -3.60. The molecular weight excluding hydrogens is 405 g/mol. The maximum absolute atomic E-state index is 13.0. The van der Waals surface area contributed by atoms with Crippen molar-refractivity contribution >= 4 is 23.0 Å². The number of carbonyl (C=O) groups excluding carboxylic acids is 1. The standard InChI is InChI=1S/C23H21F3N4O/c1-13-7-8-22(3,10-17(13)19-12-29-20(28)18(11-27)14(19)2)21(31)30-16-6-4-5-15(9-16)23(24,25)26/h4-9,12H,10H2,1-3H3,(H2,28,29)(H,30,31). The smallest absolute Gasteiger partial charge is 0.383 e. The maximum Gasteiger partial charge on any atom is 0.416 e. The fraction of sp³-hybridized carbons (Fsp3) is 0.261. The molecule has 0 aliphatic heterocycles. The van der Waals surface area contributed by atoms with Crippen molar-refractivity contribution in [3.8, 4) is 6.07 Å². The van der Waals surface area contributed by atoms with Crippen molar-refractivity contribution in [2.24, 2.45) is 5.41 Å². The van der Waals surface area contributed by atoms with Crippen molar-refractivity contribution in [2.75, 3.05) is 11.1 Å². The van der Waals surface area contributed by atoms with Crippen molar-refractivity contribution in [3.63, 3.8) is 0 Å². The first-order chi connectivity index (χ1) is 14.5. The normalized spacial score (nSPS) is 18.6. The summed E-state index contributed by atoms with van der Waals surface area (Å²) in [7, 11) is 0. The van der Waals surface area contributed by atoms with Gasteiger partial charge in [-0.1, -0.05) is 18.2 Å². The second kappa shape index (κ2) is 7.91. The summed E-state index contributed by atoms with van der Waals surface area (Å²) < 4.78 is 38.9. The molecular formula is C23H21F3N4O. The molecule has 0 bridgehead atoms. The van der Waals surface area contributed by atoms with Gasteiger partial charge in [0.05, 0.1) is 16.5 Å². The zero-order valence-electron chi connectivity index (χ0n) is 17.3. The van der Waals surface area contributed by atoms with Crippen molar-refractivity contribution < 1.29 is 18.0 Å². The number of halogens is 3. The summed E-state index contributed by atoms with van der Waals surface area (Å²) in [5.74, 6) is -0.298. The van der Waals surface area contributed by atoms with E-state index < -0.39 is 23.1 Å². The number of carbonyl (C=O) groups is 1. The van der Waals surface area contributed by atoms with Crippen LogP contribution in [-0.2, 0) is 11.0 Å². The number of nitrogens with two attached hydrogens (primary N) is 1. The monoisotopic (exact) mass is 426 g/mol. The van der Waals surface area contributed by atoms with Crippen molar-refractivity contribution in [1.29, 1.82) is 5.26 Å². The molecule has 5 nitrogen and oxygen atoms in total. The first-order valence-electron chi connectivity index (χ1n) is 9.49. The summed E-state index contributed by atoms with van der Waals surface area (Å²) >= 11 is 0. The predicted octanol–water partition coefficient (Wildman–Crippen LogP) is 5.24. The van der Waals surface area contributed by atoms with Gasteiger partial charge in [-0.15, -0.1) is 0 Å². The summed E-state index contributed by atoms with van der Waals surface area (Å²) in [6.07, 6.45) is 0.902. The summed E-state index contributed by atoms with van der Waals surface area (Å²) in [4.78, 5) is 17.1. The van der Waals surface area contributed by atoms with Gasteiger partial charge < -0.3 is 11.1 Å². The number of nitrogens with one attached hydrogen (secondary N) is 1. The van der Waals surface area contributed by atoms with E-state index in [0.717, 1.165) is 23.3 Å². The van der Waals surface area contributed by atoms with Gasteiger partial charge in [0.2, 0.25) is 5.91 Å². The fourth-order valence-corrected chi connectivity index (χ4v) is 3.55. The Kier molecular flexibility index (Phi) is 5.64. The first-order valence-corrected chi connectivity index (χ1v) is 9.49. The molecule has 1 amide bonds. The third-order valence-electron chi connectivity index (χ3n) is 5.49. The molecule has 3 rings (SSSR count). The SMILES string of the molecule is CC1=C(c2cnc(N)c(C#N)c2C)CC(C)(C(=O)Nc2cccc(C(F)(F)F)c2)C=C1. The third-order valence-corrected chi connectivity index (χ3v) is 5.49. The minimum atomic E-state index is -4.50. The maximum atomic E-state index is 13.0. The topological polar surface area (TPSA) is 91.8 Å². The van der Waals surface area contributed by atoms with Gasteiger partial charge in [0.25, 0.3) is 0 Å². The lowest BCUT2D eigenvalue weighted by molar-refractivity contribution is -0.137. The largest absolute Gasteiger partial charge is 0.416 e. The second-order valence-corrected chi connectivity index (χ2v) is 7.79. The Morgan fingerprint density at radius 1 is 1.32 bits per heavy atom. The Labute approximate surface area is 178 Å². The molecule has 0 radical (unpaired) electrons. The van der Waals surface area contributed by atoms with Crippen LogP contribution >= 0.6 is 0 Å². The number of nitrogen functional groups attached to an aromatic ring is 1. The van der Waals surface area contributed by atoms with Gasteiger partial charge in [-0.3, -0.25) is 4.79 Å². The lowest BCUT2D eigenvalue weighted by Crippen LogP contribution is -2.33. The number of allylic oxidation sites excluding steroid dienone is 3. The zero-order valence-corrected chi connectivity index (χ0v) is 17.3. The van der Waals surface area contributed by atoms with Crippen LogP contribution in [0.2, 0.25) is 0 Å². The van der Waals surface area contributed by atoms with Crippen molar-refractivity contribution in [1.82, 2.24) is 4.98 Å². The molecule has 160 valence electrons. The summed E-state index contributed by atoms with van der Waals surface area (Å²) in [6.45, 7) is 5.37. The van der Waals surface area contributed by atoms with Crippen LogP contribution in [0.3, 0.4) is 0 Å². The molecule has 0 fully saturated rings. The molecule has 0 saturated heterocycles. The number of amides is 1. The molecule has 3 N–H and O–H groups in total. The van der Waals surface area contributed by atoms with E-state index in [0.29, 0.717) is 11.1 Å². The summed E-state index contributed by atoms with van der Waals surface area (Å²) in [5.41, 5.74) is 7.40. The van der Waals surface area contributed by atoms with Gasteiger partial charge in [0, 0.05) is 17.4 Å². The van der Waals surface area contributed by atoms with Crippen LogP contribution in [0.4, 0.5) is 24.7 Å². The Morgan fingerprint density at radius 3 is 2.68 bits per heavy atom. The summed E-state index contributed by atoms with van der Waals surface area (Å²) in [5, 5.41) is 12.0. The van der Waals surface area contributed by atoms with Crippen LogP contribution in [0, 0.1) is 23.7 Å². The number of pyridine rings is 1. The van der Waals surface area contributed by atoms with Crippen LogP contribution in [0.5, 0.6) is 0 Å². The fourth-order valence-electron chi connectivity index (χ4n) is 3.55. The van der Waals surface area contributed by atoms with E-state index in [-0.39, 0.29) is 23.5 Å². The Balaban J connectivity index is 1.91. The lowest BCUT2D eigenvalue weighted by atomic mass is 9.74. The van der Waals surface area contributed by atoms with Crippen LogP contribution in [0.25, 0.3) is 5.57 Å². The van der Waals surface area contributed by atoms with Gasteiger partial charge in [0.1, 0.15) is 11.9 Å². The average Bonchev–Trinajstić information content (AvgIpc) is 2.70. The number of rotatable bonds is 3. The number of anilines is 2. The number of aromatic nitrogens is 1. The molecule has 2 aromatic rings. The van der Waals surface area contributed by atoms with Crippen molar-refractivity contribution in [2.45, 2.75) is 33.4 Å². The molecule has 1 heterocycles. The van der Waals surface area contributed by atoms with Crippen LogP contribution in [0.15, 0.2) is 48.2 Å². The van der Waals surface area contributed by atoms with Gasteiger partial charge >= 0.3 is 6.18 Å². The van der Waals surface area contributed by atoms with Gasteiger partial charge in [-0.25, -0.2) is 4.98 Å². The molecule has 1 unspecified atom stereocenters. The highest BCUT2D eigenvalue weighted by molar-refractivity contribution is 5.98. The van der Waals surface area contributed by atoms with E-state index in [1.165, 1.54) is 12.1 Å². The van der Waals surface area contributed by atoms with E-state index in [4.69, 9.17) is 5.73 Å². The number of alkyl halides is 3. The minimum Gasteiger partial charge on any atom is -0.383 e. The molecule has 1 aromatic carbocycles. The molecule has 31 heavy (non-hydrogen) atoms. The number of hydrogen-bond donors (Lipinski definition) is 2. The number of benzene rings is 1. The lowest BCUT2D eigenvalue weighted by Gasteiger charge is -2.31. The average molecular weight is 426 g/mol. The highest BCUT2D eigenvalue weighted by Crippen LogP contribution is 2.41. The first kappa shape index (κ1) is 22.1. The van der Waals surface area contributed by atoms with Crippen LogP contribution in [-0.4, -0.2) is 10.9 Å². The number of hydrogen-bond acceptors (Lipinski definition) is 4. The molecule has 1 aromatic heterocycles. The zero-order chi connectivity index (χ0) is 23.0. The van der Waals surface area contributed by atoms with Gasteiger partial charge in [0.15, 0.2) is 0 Å². The molecule has 0 spiro atoms. The predicted molar refractivity (Wildman–Crippen MR) is 113 cm³/mol. The quantitative estimate of drug-likeness (QED) is 0.702. The second-order valence-electron chi connectivity index (χ2n) is 7.79. The highest BCUT2D eigenvalue weighted by atomic mass is 19.4. The van der Waals surface area contributed by atoms with E-state index in [9.17, 15) is 23.2 Å². The van der Waals surface area contributed by atoms with Gasteiger partial charge in [-0.2, -0.15) is 18.4 Å². The van der Waals surface area contributed by atoms with Gasteiger partial charge in [-0.05, 0) is 62.1 Å². The molecule has 1 aliphatic rings. The van der Waals surface area contributed by atoms with Crippen molar-refractivity contribution in [3.05, 3.63) is 70.4 Å². The Morgan fingerprint density at radius 2 is 2.03 bits per heavy atom. The van der Waals surface area contributed by atoms with E-state index in [2.05, 4.69) is 16.4 Å². The molecule has 0 saturated carbocycles. The number of nitriles is 1. The van der Waals surface area contributed by atoms with E-state index in [1.54, 1.807) is 32.2 Å². The van der Waals surface area contributed by atoms with E-state index >= 15 is 0 Å². The van der Waals surface area contributed by atoms with Crippen LogP contribution in [0.1, 0.15) is 42.5 Å².